The number of hydrogen-bond acceptors (Lipinski definition) is 4. The van der Waals surface area contributed by atoms with Gasteiger partial charge in [0, 0.05) is 13.0 Å². The van der Waals surface area contributed by atoms with E-state index in [1.807, 2.05) is 32.0 Å². The van der Waals surface area contributed by atoms with Gasteiger partial charge in [-0.2, -0.15) is 0 Å². The van der Waals surface area contributed by atoms with Gasteiger partial charge >= 0.3 is 0 Å². The van der Waals surface area contributed by atoms with Crippen molar-refractivity contribution in [2.45, 2.75) is 38.6 Å². The van der Waals surface area contributed by atoms with Crippen LogP contribution in [0.5, 0.6) is 5.75 Å². The standard InChI is InChI=1S/C19H24N2O4S/c1-12-6-7-13(2)17(10-12)14(3)21-26(23,24)16-8-9-19(25-5)18(11-16)20-15(4)22/h6-11,14,21H,1-5H3,(H,20,22). The minimum absolute atomic E-state index is 0.0548. The largest absolute Gasteiger partial charge is 0.495 e. The van der Waals surface area contributed by atoms with Gasteiger partial charge in [0.25, 0.3) is 0 Å². The van der Waals surface area contributed by atoms with Gasteiger partial charge in [-0.05, 0) is 50.1 Å². The van der Waals surface area contributed by atoms with E-state index in [0.717, 1.165) is 16.7 Å². The third kappa shape index (κ3) is 4.62. The number of carbonyl (C=O) groups excluding carboxylic acids is 1. The molecule has 2 rings (SSSR count). The molecule has 0 bridgehead atoms. The summed E-state index contributed by atoms with van der Waals surface area (Å²) in [6.07, 6.45) is 0. The van der Waals surface area contributed by atoms with Crippen LogP contribution in [0.25, 0.3) is 0 Å². The van der Waals surface area contributed by atoms with Crippen molar-refractivity contribution in [3.8, 4) is 5.75 Å². The molecule has 2 aromatic carbocycles. The molecule has 0 saturated carbocycles. The number of carbonyl (C=O) groups is 1. The third-order valence-electron chi connectivity index (χ3n) is 4.03. The van der Waals surface area contributed by atoms with Gasteiger partial charge in [-0.3, -0.25) is 4.79 Å². The summed E-state index contributed by atoms with van der Waals surface area (Å²) in [6.45, 7) is 7.06. The summed E-state index contributed by atoms with van der Waals surface area (Å²) in [4.78, 5) is 11.4. The quantitative estimate of drug-likeness (QED) is 0.810. The van der Waals surface area contributed by atoms with Gasteiger partial charge in [-0.25, -0.2) is 13.1 Å². The van der Waals surface area contributed by atoms with Crippen molar-refractivity contribution >= 4 is 21.6 Å². The van der Waals surface area contributed by atoms with Crippen LogP contribution in [0.4, 0.5) is 5.69 Å². The first-order valence-electron chi connectivity index (χ1n) is 8.19. The number of benzene rings is 2. The lowest BCUT2D eigenvalue weighted by molar-refractivity contribution is -0.114. The molecule has 2 aromatic rings. The molecule has 26 heavy (non-hydrogen) atoms. The van der Waals surface area contributed by atoms with Crippen molar-refractivity contribution in [2.24, 2.45) is 0 Å². The molecule has 0 aromatic heterocycles. The predicted molar refractivity (Wildman–Crippen MR) is 102 cm³/mol. The van der Waals surface area contributed by atoms with Crippen molar-refractivity contribution < 1.29 is 17.9 Å². The van der Waals surface area contributed by atoms with Crippen molar-refractivity contribution in [1.29, 1.82) is 0 Å². The number of anilines is 1. The van der Waals surface area contributed by atoms with Crippen LogP contribution in [0.2, 0.25) is 0 Å². The Labute approximate surface area is 154 Å². The Hall–Kier alpha value is -2.38. The SMILES string of the molecule is COc1ccc(S(=O)(=O)NC(C)c2cc(C)ccc2C)cc1NC(C)=O. The lowest BCUT2D eigenvalue weighted by atomic mass is 10.0. The Morgan fingerprint density at radius 3 is 2.42 bits per heavy atom. The van der Waals surface area contributed by atoms with E-state index in [1.165, 1.54) is 32.2 Å². The van der Waals surface area contributed by atoms with Gasteiger partial charge in [-0.1, -0.05) is 23.8 Å². The average Bonchev–Trinajstić information content (AvgIpc) is 2.56. The number of methoxy groups -OCH3 is 1. The van der Waals surface area contributed by atoms with Crippen LogP contribution in [-0.4, -0.2) is 21.4 Å². The molecule has 6 nitrogen and oxygen atoms in total. The zero-order valence-electron chi connectivity index (χ0n) is 15.6. The van der Waals surface area contributed by atoms with E-state index in [-0.39, 0.29) is 10.8 Å². The Bertz CT molecular complexity index is 923. The molecular weight excluding hydrogens is 352 g/mol. The van der Waals surface area contributed by atoms with Crippen LogP contribution in [0.1, 0.15) is 36.6 Å². The molecule has 0 fully saturated rings. The van der Waals surface area contributed by atoms with Crippen molar-refractivity contribution in [2.75, 3.05) is 12.4 Å². The Balaban J connectivity index is 2.35. The van der Waals surface area contributed by atoms with Crippen LogP contribution in [0, 0.1) is 13.8 Å². The highest BCUT2D eigenvalue weighted by Crippen LogP contribution is 2.28. The molecule has 1 atom stereocenters. The smallest absolute Gasteiger partial charge is 0.241 e. The number of sulfonamides is 1. The van der Waals surface area contributed by atoms with Crippen LogP contribution in [-0.2, 0) is 14.8 Å². The Kier molecular flexibility index (Phi) is 6.05. The second-order valence-corrected chi connectivity index (χ2v) is 7.96. The second-order valence-electron chi connectivity index (χ2n) is 6.25. The van der Waals surface area contributed by atoms with Gasteiger partial charge < -0.3 is 10.1 Å². The second kappa shape index (κ2) is 7.88. The zero-order valence-corrected chi connectivity index (χ0v) is 16.4. The molecule has 2 N–H and O–H groups in total. The van der Waals surface area contributed by atoms with E-state index < -0.39 is 16.1 Å². The molecular formula is C19H24N2O4S. The fraction of sp³-hybridized carbons (Fsp3) is 0.316. The maximum absolute atomic E-state index is 12.8. The summed E-state index contributed by atoms with van der Waals surface area (Å²) in [5.74, 6) is 0.0799. The van der Waals surface area contributed by atoms with E-state index in [0.29, 0.717) is 11.4 Å². The van der Waals surface area contributed by atoms with Gasteiger partial charge in [-0.15, -0.1) is 0 Å². The Morgan fingerprint density at radius 1 is 1.12 bits per heavy atom. The summed E-state index contributed by atoms with van der Waals surface area (Å²) in [7, 11) is -2.32. The topological polar surface area (TPSA) is 84.5 Å². The van der Waals surface area contributed by atoms with Crippen LogP contribution >= 0.6 is 0 Å². The summed E-state index contributed by atoms with van der Waals surface area (Å²) < 4.78 is 33.4. The first-order chi connectivity index (χ1) is 12.1. The van der Waals surface area contributed by atoms with E-state index in [2.05, 4.69) is 10.0 Å². The number of aryl methyl sites for hydroxylation is 2. The van der Waals surface area contributed by atoms with Crippen LogP contribution in [0.3, 0.4) is 0 Å². The van der Waals surface area contributed by atoms with E-state index in [1.54, 1.807) is 6.92 Å². The monoisotopic (exact) mass is 376 g/mol. The maximum Gasteiger partial charge on any atom is 0.241 e. The summed E-state index contributed by atoms with van der Waals surface area (Å²) >= 11 is 0. The molecule has 140 valence electrons. The minimum atomic E-state index is -3.78. The van der Waals surface area contributed by atoms with E-state index in [4.69, 9.17) is 4.74 Å². The first-order valence-corrected chi connectivity index (χ1v) is 9.67. The summed E-state index contributed by atoms with van der Waals surface area (Å²) in [5.41, 5.74) is 3.31. The molecule has 1 amide bonds. The van der Waals surface area contributed by atoms with E-state index >= 15 is 0 Å². The molecule has 0 aliphatic rings. The summed E-state index contributed by atoms with van der Waals surface area (Å²) in [6, 6.07) is 9.88. The molecule has 0 aliphatic carbocycles. The van der Waals surface area contributed by atoms with E-state index in [9.17, 15) is 13.2 Å². The highest BCUT2D eigenvalue weighted by atomic mass is 32.2. The summed E-state index contributed by atoms with van der Waals surface area (Å²) in [5, 5.41) is 2.58. The van der Waals surface area contributed by atoms with Gasteiger partial charge in [0.1, 0.15) is 5.75 Å². The highest BCUT2D eigenvalue weighted by Gasteiger charge is 2.21. The van der Waals surface area contributed by atoms with Gasteiger partial charge in [0.05, 0.1) is 17.7 Å². The highest BCUT2D eigenvalue weighted by molar-refractivity contribution is 7.89. The molecule has 0 heterocycles. The van der Waals surface area contributed by atoms with Crippen molar-refractivity contribution in [3.05, 3.63) is 53.1 Å². The van der Waals surface area contributed by atoms with Crippen LogP contribution < -0.4 is 14.8 Å². The molecule has 0 radical (unpaired) electrons. The number of rotatable bonds is 6. The lowest BCUT2D eigenvalue weighted by Crippen LogP contribution is -2.27. The number of hydrogen-bond donors (Lipinski definition) is 2. The molecule has 7 heteroatoms. The maximum atomic E-state index is 12.8. The molecule has 0 aliphatic heterocycles. The number of nitrogens with one attached hydrogen (secondary N) is 2. The number of amides is 1. The zero-order chi connectivity index (χ0) is 19.5. The lowest BCUT2D eigenvalue weighted by Gasteiger charge is -2.18. The molecule has 0 spiro atoms. The number of ether oxygens (including phenoxy) is 1. The Morgan fingerprint density at radius 2 is 1.81 bits per heavy atom. The molecule has 1 unspecified atom stereocenters. The van der Waals surface area contributed by atoms with Crippen molar-refractivity contribution in [1.82, 2.24) is 4.72 Å². The van der Waals surface area contributed by atoms with Gasteiger partial charge in [0.15, 0.2) is 0 Å². The predicted octanol–water partition coefficient (Wildman–Crippen LogP) is 3.31. The van der Waals surface area contributed by atoms with Crippen molar-refractivity contribution in [3.63, 3.8) is 0 Å². The average molecular weight is 376 g/mol. The molecule has 0 saturated heterocycles. The fourth-order valence-corrected chi connectivity index (χ4v) is 3.98. The van der Waals surface area contributed by atoms with Crippen LogP contribution in [0.15, 0.2) is 41.3 Å². The first kappa shape index (κ1) is 19.9. The minimum Gasteiger partial charge on any atom is -0.495 e. The fourth-order valence-electron chi connectivity index (χ4n) is 2.73. The van der Waals surface area contributed by atoms with Gasteiger partial charge in [0.2, 0.25) is 15.9 Å². The normalized spacial score (nSPS) is 12.5. The third-order valence-corrected chi connectivity index (χ3v) is 5.56.